The van der Waals surface area contributed by atoms with E-state index in [-0.39, 0.29) is 24.7 Å². The number of esters is 1. The van der Waals surface area contributed by atoms with Crippen LogP contribution in [-0.4, -0.2) is 49.1 Å². The third kappa shape index (κ3) is 4.59. The molecule has 1 aliphatic heterocycles. The normalized spacial score (nSPS) is 25.9. The van der Waals surface area contributed by atoms with E-state index in [9.17, 15) is 9.90 Å². The number of nitrogens with one attached hydrogen (secondary N) is 1. The molecule has 1 aliphatic rings. The third-order valence-electron chi connectivity index (χ3n) is 2.17. The molecule has 0 spiro atoms. The van der Waals surface area contributed by atoms with Crippen molar-refractivity contribution < 1.29 is 19.4 Å². The van der Waals surface area contributed by atoms with E-state index in [1.165, 1.54) is 0 Å². The van der Waals surface area contributed by atoms with Crippen molar-refractivity contribution in [2.45, 2.75) is 38.5 Å². The topological polar surface area (TPSA) is 67.8 Å². The highest BCUT2D eigenvalue weighted by atomic mass is 16.6. The van der Waals surface area contributed by atoms with Gasteiger partial charge < -0.3 is 19.9 Å². The Balaban J connectivity index is 2.08. The van der Waals surface area contributed by atoms with Gasteiger partial charge >= 0.3 is 5.97 Å². The molecule has 1 fully saturated rings. The lowest BCUT2D eigenvalue weighted by molar-refractivity contribution is -0.147. The number of ether oxygens (including phenoxy) is 2. The van der Waals surface area contributed by atoms with Crippen LogP contribution in [0.3, 0.4) is 0 Å². The van der Waals surface area contributed by atoms with Gasteiger partial charge in [-0.25, -0.2) is 0 Å². The summed E-state index contributed by atoms with van der Waals surface area (Å²) < 4.78 is 10.2. The SMILES string of the molecule is CC(C)OCCOC(=O)[C@H]1C[C@@H](O)CN1. The first kappa shape index (κ1) is 12.4. The molecule has 15 heavy (non-hydrogen) atoms. The summed E-state index contributed by atoms with van der Waals surface area (Å²) in [6, 6.07) is -0.362. The highest BCUT2D eigenvalue weighted by molar-refractivity contribution is 5.76. The van der Waals surface area contributed by atoms with Gasteiger partial charge in [-0.3, -0.25) is 4.79 Å². The van der Waals surface area contributed by atoms with E-state index in [0.29, 0.717) is 19.6 Å². The van der Waals surface area contributed by atoms with Crippen LogP contribution in [0.4, 0.5) is 0 Å². The molecule has 0 unspecified atom stereocenters. The monoisotopic (exact) mass is 217 g/mol. The fourth-order valence-corrected chi connectivity index (χ4v) is 1.42. The van der Waals surface area contributed by atoms with Crippen molar-refractivity contribution in [3.05, 3.63) is 0 Å². The Morgan fingerprint density at radius 1 is 1.53 bits per heavy atom. The van der Waals surface area contributed by atoms with Gasteiger partial charge in [0.2, 0.25) is 0 Å². The van der Waals surface area contributed by atoms with E-state index >= 15 is 0 Å². The average molecular weight is 217 g/mol. The number of aliphatic hydroxyl groups excluding tert-OH is 1. The molecule has 2 atom stereocenters. The van der Waals surface area contributed by atoms with E-state index in [0.717, 1.165) is 0 Å². The highest BCUT2D eigenvalue weighted by Crippen LogP contribution is 2.07. The van der Waals surface area contributed by atoms with Crippen LogP contribution in [0.2, 0.25) is 0 Å². The minimum absolute atomic E-state index is 0.148. The summed E-state index contributed by atoms with van der Waals surface area (Å²) in [5.74, 6) is -0.307. The van der Waals surface area contributed by atoms with Gasteiger partial charge in [-0.05, 0) is 13.8 Å². The summed E-state index contributed by atoms with van der Waals surface area (Å²) in [5.41, 5.74) is 0. The average Bonchev–Trinajstić information content (AvgIpc) is 2.59. The van der Waals surface area contributed by atoms with Crippen molar-refractivity contribution in [1.82, 2.24) is 5.32 Å². The quantitative estimate of drug-likeness (QED) is 0.488. The summed E-state index contributed by atoms with van der Waals surface area (Å²) in [5, 5.41) is 12.1. The maximum Gasteiger partial charge on any atom is 0.323 e. The Bertz CT molecular complexity index is 208. The summed E-state index contributed by atoms with van der Waals surface area (Å²) in [6.07, 6.45) is 0.147. The molecule has 2 N–H and O–H groups in total. The van der Waals surface area contributed by atoms with Crippen molar-refractivity contribution in [3.63, 3.8) is 0 Å². The number of carbonyl (C=O) groups is 1. The van der Waals surface area contributed by atoms with E-state index < -0.39 is 6.10 Å². The maximum atomic E-state index is 11.4. The zero-order valence-electron chi connectivity index (χ0n) is 9.23. The molecular formula is C10H19NO4. The van der Waals surface area contributed by atoms with E-state index in [4.69, 9.17) is 9.47 Å². The summed E-state index contributed by atoms with van der Waals surface area (Å²) in [6.45, 7) is 5.00. The van der Waals surface area contributed by atoms with Crippen LogP contribution >= 0.6 is 0 Å². The minimum Gasteiger partial charge on any atom is -0.462 e. The van der Waals surface area contributed by atoms with Crippen molar-refractivity contribution in [2.24, 2.45) is 0 Å². The molecule has 0 amide bonds. The zero-order valence-corrected chi connectivity index (χ0v) is 9.23. The van der Waals surface area contributed by atoms with E-state index in [1.807, 2.05) is 13.8 Å². The fraction of sp³-hybridized carbons (Fsp3) is 0.900. The Morgan fingerprint density at radius 3 is 2.80 bits per heavy atom. The predicted octanol–water partition coefficient (Wildman–Crippen LogP) is -0.323. The van der Waals surface area contributed by atoms with Crippen molar-refractivity contribution in [2.75, 3.05) is 19.8 Å². The number of hydrogen-bond acceptors (Lipinski definition) is 5. The van der Waals surface area contributed by atoms with Gasteiger partial charge in [0.1, 0.15) is 12.6 Å². The van der Waals surface area contributed by atoms with E-state index in [2.05, 4.69) is 5.32 Å². The van der Waals surface area contributed by atoms with Gasteiger partial charge in [-0.1, -0.05) is 0 Å². The van der Waals surface area contributed by atoms with E-state index in [1.54, 1.807) is 0 Å². The van der Waals surface area contributed by atoms with Gasteiger partial charge in [0.05, 0.1) is 18.8 Å². The van der Waals surface area contributed by atoms with Crippen LogP contribution in [0.15, 0.2) is 0 Å². The predicted molar refractivity (Wildman–Crippen MR) is 54.5 cm³/mol. The van der Waals surface area contributed by atoms with Crippen LogP contribution in [0, 0.1) is 0 Å². The molecule has 0 aromatic carbocycles. The second-order valence-corrected chi connectivity index (χ2v) is 3.94. The molecule has 0 aromatic heterocycles. The Kier molecular flexibility index (Phi) is 5.01. The molecule has 0 aliphatic carbocycles. The molecule has 1 heterocycles. The lowest BCUT2D eigenvalue weighted by atomic mass is 10.2. The third-order valence-corrected chi connectivity index (χ3v) is 2.17. The molecule has 5 heteroatoms. The first-order valence-electron chi connectivity index (χ1n) is 5.29. The van der Waals surface area contributed by atoms with Gasteiger partial charge in [0, 0.05) is 13.0 Å². The molecule has 88 valence electrons. The van der Waals surface area contributed by atoms with Gasteiger partial charge in [-0.15, -0.1) is 0 Å². The van der Waals surface area contributed by atoms with Crippen molar-refractivity contribution in [1.29, 1.82) is 0 Å². The standard InChI is InChI=1S/C10H19NO4/c1-7(2)14-3-4-15-10(13)9-5-8(12)6-11-9/h7-9,11-12H,3-6H2,1-2H3/t8-,9-/m1/s1. The molecule has 0 bridgehead atoms. The van der Waals surface area contributed by atoms with Crippen molar-refractivity contribution >= 4 is 5.97 Å². The van der Waals surface area contributed by atoms with Crippen LogP contribution in [0.25, 0.3) is 0 Å². The number of hydrogen-bond donors (Lipinski definition) is 2. The highest BCUT2D eigenvalue weighted by Gasteiger charge is 2.28. The smallest absolute Gasteiger partial charge is 0.323 e. The molecule has 0 aromatic rings. The lowest BCUT2D eigenvalue weighted by Gasteiger charge is -2.11. The van der Waals surface area contributed by atoms with Crippen LogP contribution < -0.4 is 5.32 Å². The molecule has 0 radical (unpaired) electrons. The van der Waals surface area contributed by atoms with Gasteiger partial charge in [0.15, 0.2) is 0 Å². The maximum absolute atomic E-state index is 11.4. The van der Waals surface area contributed by atoms with Crippen LogP contribution in [0.1, 0.15) is 20.3 Å². The number of rotatable bonds is 5. The van der Waals surface area contributed by atoms with Crippen molar-refractivity contribution in [3.8, 4) is 0 Å². The summed E-state index contributed by atoms with van der Waals surface area (Å²) >= 11 is 0. The largest absolute Gasteiger partial charge is 0.462 e. The summed E-state index contributed by atoms with van der Waals surface area (Å²) in [4.78, 5) is 11.4. The Hall–Kier alpha value is -0.650. The fourth-order valence-electron chi connectivity index (χ4n) is 1.42. The summed E-state index contributed by atoms with van der Waals surface area (Å²) in [7, 11) is 0. The number of carbonyl (C=O) groups excluding carboxylic acids is 1. The second-order valence-electron chi connectivity index (χ2n) is 3.94. The zero-order chi connectivity index (χ0) is 11.3. The van der Waals surface area contributed by atoms with Gasteiger partial charge in [0.25, 0.3) is 0 Å². The first-order valence-corrected chi connectivity index (χ1v) is 5.29. The van der Waals surface area contributed by atoms with Crippen LogP contribution in [-0.2, 0) is 14.3 Å². The Morgan fingerprint density at radius 2 is 2.27 bits per heavy atom. The Labute approximate surface area is 89.8 Å². The number of β-amino-alcohol motifs (C(OH)–C–C–N with tert-alkyl or cyclic N) is 1. The molecule has 0 saturated carbocycles. The van der Waals surface area contributed by atoms with Crippen LogP contribution in [0.5, 0.6) is 0 Å². The molecule has 1 saturated heterocycles. The first-order chi connectivity index (χ1) is 7.09. The second kappa shape index (κ2) is 6.05. The molecule has 5 nitrogen and oxygen atoms in total. The number of aliphatic hydroxyl groups is 1. The minimum atomic E-state index is -0.436. The van der Waals surface area contributed by atoms with Gasteiger partial charge in [-0.2, -0.15) is 0 Å². The molecule has 1 rings (SSSR count). The molecular weight excluding hydrogens is 198 g/mol. The lowest BCUT2D eigenvalue weighted by Crippen LogP contribution is -2.33.